The number of nitrogens with one attached hydrogen (secondary N) is 1. The zero-order valence-electron chi connectivity index (χ0n) is 16.4. The maximum Gasteiger partial charge on any atom is 0.263 e. The molecule has 5 nitrogen and oxygen atoms in total. The summed E-state index contributed by atoms with van der Waals surface area (Å²) in [6.45, 7) is 4.47. The number of amides is 1. The number of aromatic nitrogens is 3. The van der Waals surface area contributed by atoms with Crippen molar-refractivity contribution in [2.24, 2.45) is 0 Å². The van der Waals surface area contributed by atoms with Crippen molar-refractivity contribution in [1.29, 1.82) is 0 Å². The van der Waals surface area contributed by atoms with Crippen molar-refractivity contribution in [3.63, 3.8) is 0 Å². The fourth-order valence-electron chi connectivity index (χ4n) is 3.13. The van der Waals surface area contributed by atoms with E-state index in [-0.39, 0.29) is 11.9 Å². The van der Waals surface area contributed by atoms with Gasteiger partial charge in [0.2, 0.25) is 0 Å². The van der Waals surface area contributed by atoms with Crippen molar-refractivity contribution >= 4 is 17.2 Å². The fourth-order valence-corrected chi connectivity index (χ4v) is 4.07. The molecule has 0 aliphatic heterocycles. The number of thiazole rings is 1. The molecule has 2 aromatic carbocycles. The van der Waals surface area contributed by atoms with Gasteiger partial charge in [0.1, 0.15) is 15.6 Å². The molecule has 4 aromatic rings. The minimum absolute atomic E-state index is 0.104. The van der Waals surface area contributed by atoms with E-state index >= 15 is 0 Å². The first-order valence-electron chi connectivity index (χ1n) is 9.52. The zero-order valence-corrected chi connectivity index (χ0v) is 17.2. The third-order valence-electron chi connectivity index (χ3n) is 4.80. The molecule has 6 heteroatoms. The molecule has 29 heavy (non-hydrogen) atoms. The van der Waals surface area contributed by atoms with Crippen molar-refractivity contribution in [2.75, 3.05) is 0 Å². The Hall–Kier alpha value is -3.25. The number of hydrogen-bond donors (Lipinski definition) is 1. The van der Waals surface area contributed by atoms with Gasteiger partial charge in [0, 0.05) is 12.7 Å². The fraction of sp³-hybridized carbons (Fsp3) is 0.174. The zero-order chi connectivity index (χ0) is 20.2. The highest BCUT2D eigenvalue weighted by Crippen LogP contribution is 2.28. The monoisotopic (exact) mass is 402 g/mol. The molecule has 0 aliphatic carbocycles. The summed E-state index contributed by atoms with van der Waals surface area (Å²) in [6.07, 6.45) is 1.96. The molecule has 0 aliphatic rings. The van der Waals surface area contributed by atoms with Gasteiger partial charge in [0.15, 0.2) is 0 Å². The largest absolute Gasteiger partial charge is 0.347 e. The van der Waals surface area contributed by atoms with Gasteiger partial charge in [0.25, 0.3) is 5.91 Å². The second-order valence-corrected chi connectivity index (χ2v) is 7.87. The lowest BCUT2D eigenvalue weighted by Crippen LogP contribution is -2.22. The van der Waals surface area contributed by atoms with Crippen LogP contribution >= 0.6 is 11.3 Å². The number of benzene rings is 2. The summed E-state index contributed by atoms with van der Waals surface area (Å²) in [4.78, 5) is 17.8. The summed E-state index contributed by atoms with van der Waals surface area (Å²) in [5.74, 6) is -0.104. The molecule has 0 bridgehead atoms. The Balaban J connectivity index is 1.49. The molecule has 1 N–H and O–H groups in total. The first kappa shape index (κ1) is 19.1. The SMILES string of the molecule is Cc1nc(-c2ccn(C(C)c3ccccc3)n2)sc1C(=O)NCc1ccccc1. The molecular weight excluding hydrogens is 380 g/mol. The second-order valence-electron chi connectivity index (χ2n) is 6.87. The van der Waals surface area contributed by atoms with Crippen molar-refractivity contribution < 1.29 is 4.79 Å². The van der Waals surface area contributed by atoms with Crippen molar-refractivity contribution in [2.45, 2.75) is 26.4 Å². The quantitative estimate of drug-likeness (QED) is 0.501. The molecule has 2 heterocycles. The standard InChI is InChI=1S/C23H22N4OS/c1-16-21(22(28)24-15-18-9-5-3-6-10-18)29-23(25-16)20-13-14-27(26-20)17(2)19-11-7-4-8-12-19/h3-14,17H,15H2,1-2H3,(H,24,28). The molecule has 2 aromatic heterocycles. The van der Waals surface area contributed by atoms with Gasteiger partial charge in [-0.1, -0.05) is 60.7 Å². The van der Waals surface area contributed by atoms with E-state index in [2.05, 4.69) is 29.4 Å². The highest BCUT2D eigenvalue weighted by Gasteiger charge is 2.18. The van der Waals surface area contributed by atoms with E-state index in [4.69, 9.17) is 5.10 Å². The van der Waals surface area contributed by atoms with Crippen molar-refractivity contribution in [3.05, 3.63) is 94.6 Å². The van der Waals surface area contributed by atoms with E-state index in [9.17, 15) is 4.79 Å². The van der Waals surface area contributed by atoms with Crippen LogP contribution in [0.2, 0.25) is 0 Å². The lowest BCUT2D eigenvalue weighted by Gasteiger charge is -2.12. The Morgan fingerprint density at radius 1 is 1.07 bits per heavy atom. The van der Waals surface area contributed by atoms with E-state index in [0.29, 0.717) is 11.4 Å². The topological polar surface area (TPSA) is 59.8 Å². The van der Waals surface area contributed by atoms with Crippen LogP contribution in [0.25, 0.3) is 10.7 Å². The maximum absolute atomic E-state index is 12.6. The number of carbonyl (C=O) groups excluding carboxylic acids is 1. The summed E-state index contributed by atoms with van der Waals surface area (Å²) < 4.78 is 1.93. The van der Waals surface area contributed by atoms with Gasteiger partial charge in [-0.2, -0.15) is 5.10 Å². The minimum Gasteiger partial charge on any atom is -0.347 e. The summed E-state index contributed by atoms with van der Waals surface area (Å²) >= 11 is 1.38. The molecule has 0 fully saturated rings. The van der Waals surface area contributed by atoms with Crippen molar-refractivity contribution in [1.82, 2.24) is 20.1 Å². The summed E-state index contributed by atoms with van der Waals surface area (Å²) in [7, 11) is 0. The third-order valence-corrected chi connectivity index (χ3v) is 5.98. The average Bonchev–Trinajstić information content (AvgIpc) is 3.40. The second kappa shape index (κ2) is 8.41. The van der Waals surface area contributed by atoms with Crippen LogP contribution in [-0.4, -0.2) is 20.7 Å². The third kappa shape index (κ3) is 4.27. The van der Waals surface area contributed by atoms with Crippen molar-refractivity contribution in [3.8, 4) is 10.7 Å². The van der Waals surface area contributed by atoms with Gasteiger partial charge < -0.3 is 5.32 Å². The molecule has 1 amide bonds. The Morgan fingerprint density at radius 3 is 2.48 bits per heavy atom. The molecule has 146 valence electrons. The Kier molecular flexibility index (Phi) is 5.53. The highest BCUT2D eigenvalue weighted by molar-refractivity contribution is 7.17. The van der Waals surface area contributed by atoms with E-state index in [0.717, 1.165) is 22.0 Å². The van der Waals surface area contributed by atoms with Gasteiger partial charge in [-0.25, -0.2) is 4.98 Å². The van der Waals surface area contributed by atoms with Gasteiger partial charge in [0.05, 0.1) is 11.7 Å². The summed E-state index contributed by atoms with van der Waals surface area (Å²) in [5.41, 5.74) is 3.76. The minimum atomic E-state index is -0.104. The van der Waals surface area contributed by atoms with Crippen LogP contribution in [-0.2, 0) is 6.54 Å². The predicted molar refractivity (Wildman–Crippen MR) is 116 cm³/mol. The average molecular weight is 403 g/mol. The number of rotatable bonds is 6. The van der Waals surface area contributed by atoms with Crippen LogP contribution in [0, 0.1) is 6.92 Å². The van der Waals surface area contributed by atoms with Crippen LogP contribution in [0.1, 0.15) is 39.5 Å². The molecule has 0 saturated heterocycles. The van der Waals surface area contributed by atoms with Gasteiger partial charge in [-0.15, -0.1) is 11.3 Å². The van der Waals surface area contributed by atoms with Crippen LogP contribution in [0.4, 0.5) is 0 Å². The van der Waals surface area contributed by atoms with Crippen LogP contribution in [0.15, 0.2) is 72.9 Å². The predicted octanol–water partition coefficient (Wildman–Crippen LogP) is 4.85. The first-order chi connectivity index (χ1) is 14.1. The number of aryl methyl sites for hydroxylation is 1. The molecular formula is C23H22N4OS. The Bertz CT molecular complexity index is 1100. The first-order valence-corrected chi connectivity index (χ1v) is 10.3. The molecule has 0 radical (unpaired) electrons. The smallest absolute Gasteiger partial charge is 0.263 e. The lowest BCUT2D eigenvalue weighted by atomic mass is 10.1. The maximum atomic E-state index is 12.6. The van der Waals surface area contributed by atoms with Crippen LogP contribution in [0.3, 0.4) is 0 Å². The molecule has 4 rings (SSSR count). The highest BCUT2D eigenvalue weighted by atomic mass is 32.1. The summed E-state index contributed by atoms with van der Waals surface area (Å²) in [5, 5.41) is 8.42. The molecule has 0 saturated carbocycles. The number of carbonyl (C=O) groups is 1. The Labute approximate surface area is 174 Å². The van der Waals surface area contributed by atoms with Gasteiger partial charge in [-0.05, 0) is 31.0 Å². The van der Waals surface area contributed by atoms with E-state index in [1.807, 2.05) is 72.4 Å². The van der Waals surface area contributed by atoms with Gasteiger partial charge in [-0.3, -0.25) is 9.48 Å². The number of hydrogen-bond acceptors (Lipinski definition) is 4. The van der Waals surface area contributed by atoms with Crippen LogP contribution < -0.4 is 5.32 Å². The molecule has 1 unspecified atom stereocenters. The van der Waals surface area contributed by atoms with Gasteiger partial charge >= 0.3 is 0 Å². The normalized spacial score (nSPS) is 11.9. The molecule has 0 spiro atoms. The Morgan fingerprint density at radius 2 is 1.76 bits per heavy atom. The molecule has 1 atom stereocenters. The van der Waals surface area contributed by atoms with Crippen LogP contribution in [0.5, 0.6) is 0 Å². The van der Waals surface area contributed by atoms with E-state index < -0.39 is 0 Å². The summed E-state index contributed by atoms with van der Waals surface area (Å²) in [6, 6.07) is 22.2. The lowest BCUT2D eigenvalue weighted by molar-refractivity contribution is 0.0954. The number of nitrogens with zero attached hydrogens (tertiary/aromatic N) is 3. The van der Waals surface area contributed by atoms with E-state index in [1.54, 1.807) is 0 Å². The van der Waals surface area contributed by atoms with E-state index in [1.165, 1.54) is 16.9 Å².